The zero-order chi connectivity index (χ0) is 24.0. The average molecular weight is 467 g/mol. The maximum absolute atomic E-state index is 14.5. The highest BCUT2D eigenvalue weighted by atomic mass is 19.1. The van der Waals surface area contributed by atoms with Crippen LogP contribution in [0.15, 0.2) is 48.2 Å². The van der Waals surface area contributed by atoms with Gasteiger partial charge in [-0.05, 0) is 85.1 Å². The van der Waals surface area contributed by atoms with Crippen LogP contribution in [-0.2, 0) is 16.0 Å². The van der Waals surface area contributed by atoms with Crippen LogP contribution in [0.3, 0.4) is 0 Å². The highest BCUT2D eigenvalue weighted by Crippen LogP contribution is 2.63. The van der Waals surface area contributed by atoms with Gasteiger partial charge in [-0.1, -0.05) is 25.1 Å². The fraction of sp³-hybridized carbons (Fsp3) is 0.444. The number of aliphatic hydroxyl groups is 1. The Morgan fingerprint density at radius 1 is 1.24 bits per heavy atom. The van der Waals surface area contributed by atoms with Gasteiger partial charge in [-0.2, -0.15) is 4.39 Å². The summed E-state index contributed by atoms with van der Waals surface area (Å²) in [5.41, 5.74) is 1.61. The van der Waals surface area contributed by atoms with Crippen LogP contribution in [0, 0.1) is 34.9 Å². The summed E-state index contributed by atoms with van der Waals surface area (Å²) in [7, 11) is 0. The molecule has 0 saturated heterocycles. The van der Waals surface area contributed by atoms with Gasteiger partial charge in [0, 0.05) is 17.4 Å². The monoisotopic (exact) mass is 466 g/mol. The number of ketones is 1. The first-order valence-electron chi connectivity index (χ1n) is 11.9. The number of nitrogens with zero attached hydrogens (tertiary/aromatic N) is 1. The summed E-state index contributed by atoms with van der Waals surface area (Å²) in [4.78, 5) is 29.7. The number of aromatic nitrogens is 1. The minimum atomic E-state index is -0.678. The molecule has 1 heterocycles. The Hall–Kier alpha value is -3.09. The highest BCUT2D eigenvalue weighted by molar-refractivity contribution is 6.03. The number of carbonyl (C=O) groups excluding carboxylic acids is 2. The summed E-state index contributed by atoms with van der Waals surface area (Å²) in [6.07, 6.45) is 4.30. The third kappa shape index (κ3) is 3.62. The van der Waals surface area contributed by atoms with E-state index in [-0.39, 0.29) is 53.4 Å². The molecule has 7 heteroatoms. The van der Waals surface area contributed by atoms with Crippen molar-refractivity contribution in [3.05, 3.63) is 71.1 Å². The van der Waals surface area contributed by atoms with Crippen LogP contribution in [0.25, 0.3) is 0 Å². The number of pyridine rings is 1. The van der Waals surface area contributed by atoms with Crippen LogP contribution in [0.4, 0.5) is 14.6 Å². The molecule has 2 fully saturated rings. The van der Waals surface area contributed by atoms with E-state index in [1.54, 1.807) is 6.07 Å². The number of halogens is 2. The van der Waals surface area contributed by atoms with Crippen molar-refractivity contribution < 1.29 is 23.5 Å². The molecule has 3 aliphatic carbocycles. The molecule has 1 aromatic carbocycles. The Kier molecular flexibility index (Phi) is 5.74. The molecule has 5 nitrogen and oxygen atoms in total. The van der Waals surface area contributed by atoms with E-state index < -0.39 is 11.4 Å². The summed E-state index contributed by atoms with van der Waals surface area (Å²) in [5.74, 6) is -1.03. The van der Waals surface area contributed by atoms with E-state index >= 15 is 0 Å². The first-order valence-corrected chi connectivity index (χ1v) is 11.9. The van der Waals surface area contributed by atoms with Gasteiger partial charge in [-0.25, -0.2) is 9.37 Å². The van der Waals surface area contributed by atoms with Gasteiger partial charge in [0.05, 0.1) is 6.26 Å². The summed E-state index contributed by atoms with van der Waals surface area (Å²) in [6.45, 7) is 1.98. The predicted octanol–water partition coefficient (Wildman–Crippen LogP) is 5.48. The van der Waals surface area contributed by atoms with Gasteiger partial charge in [0.15, 0.2) is 5.78 Å². The van der Waals surface area contributed by atoms with E-state index in [9.17, 15) is 23.5 Å². The van der Waals surface area contributed by atoms with Gasteiger partial charge < -0.3 is 10.4 Å². The Labute approximate surface area is 197 Å². The van der Waals surface area contributed by atoms with Gasteiger partial charge in [-0.3, -0.25) is 9.59 Å². The van der Waals surface area contributed by atoms with E-state index in [2.05, 4.69) is 10.3 Å². The quantitative estimate of drug-likeness (QED) is 0.355. The van der Waals surface area contributed by atoms with Crippen molar-refractivity contribution in [1.29, 1.82) is 0 Å². The van der Waals surface area contributed by atoms with Gasteiger partial charge in [0.25, 0.3) is 0 Å². The molecule has 0 radical (unpaired) electrons. The zero-order valence-electron chi connectivity index (χ0n) is 19.1. The molecule has 2 N–H and O–H groups in total. The van der Waals surface area contributed by atoms with Crippen LogP contribution in [0.5, 0.6) is 0 Å². The Balaban J connectivity index is 1.40. The molecular weight excluding hydrogens is 438 g/mol. The molecule has 3 aliphatic rings. The van der Waals surface area contributed by atoms with E-state index in [4.69, 9.17) is 0 Å². The predicted molar refractivity (Wildman–Crippen MR) is 123 cm³/mol. The fourth-order valence-corrected chi connectivity index (χ4v) is 6.98. The Morgan fingerprint density at radius 2 is 2.03 bits per heavy atom. The summed E-state index contributed by atoms with van der Waals surface area (Å²) in [5, 5.41) is 12.6. The molecule has 0 aliphatic heterocycles. The summed E-state index contributed by atoms with van der Waals surface area (Å²) < 4.78 is 27.8. The van der Waals surface area contributed by atoms with Crippen LogP contribution in [0.1, 0.15) is 56.1 Å². The number of amides is 1. The van der Waals surface area contributed by atoms with Crippen molar-refractivity contribution in [2.24, 2.45) is 23.2 Å². The van der Waals surface area contributed by atoms with Crippen molar-refractivity contribution >= 4 is 17.5 Å². The maximum Gasteiger partial charge on any atom is 0.225 e. The number of benzene rings is 1. The SMILES string of the molecule is C[C@]12CCC3c4cccc(F)c4CCC3C1[C@H](CCC(=O)Nc1cccc(F)n1)/C(=C/O)C2=O. The second-order valence-electron chi connectivity index (χ2n) is 10.1. The molecule has 178 valence electrons. The van der Waals surface area contributed by atoms with E-state index in [1.807, 2.05) is 13.0 Å². The molecule has 34 heavy (non-hydrogen) atoms. The van der Waals surface area contributed by atoms with Gasteiger partial charge >= 0.3 is 0 Å². The second-order valence-corrected chi connectivity index (χ2v) is 10.1. The summed E-state index contributed by atoms with van der Waals surface area (Å²) in [6, 6.07) is 9.45. The van der Waals surface area contributed by atoms with Gasteiger partial charge in [-0.15, -0.1) is 0 Å². The fourth-order valence-electron chi connectivity index (χ4n) is 6.98. The number of carbonyl (C=O) groups is 2. The van der Waals surface area contributed by atoms with Gasteiger partial charge in [0.1, 0.15) is 11.6 Å². The minimum absolute atomic E-state index is 0.0336. The molecule has 0 bridgehead atoms. The minimum Gasteiger partial charge on any atom is -0.515 e. The van der Waals surface area contributed by atoms with Gasteiger partial charge in [0.2, 0.25) is 11.9 Å². The molecule has 2 saturated carbocycles. The lowest BCUT2D eigenvalue weighted by Crippen LogP contribution is -2.44. The van der Waals surface area contributed by atoms with E-state index in [0.717, 1.165) is 30.2 Å². The zero-order valence-corrected chi connectivity index (χ0v) is 19.1. The number of rotatable bonds is 4. The molecule has 5 rings (SSSR count). The summed E-state index contributed by atoms with van der Waals surface area (Å²) >= 11 is 0. The molecule has 0 spiro atoms. The number of nitrogens with one attached hydrogen (secondary N) is 1. The first kappa shape index (κ1) is 22.7. The molecular formula is C27H28F2N2O3. The third-order valence-corrected chi connectivity index (χ3v) is 8.39. The van der Waals surface area contributed by atoms with Crippen LogP contribution in [0.2, 0.25) is 0 Å². The largest absolute Gasteiger partial charge is 0.515 e. The molecule has 3 unspecified atom stereocenters. The normalized spacial score (nSPS) is 31.0. The number of anilines is 1. The van der Waals surface area contributed by atoms with E-state index in [1.165, 1.54) is 24.3 Å². The molecule has 1 amide bonds. The van der Waals surface area contributed by atoms with Crippen molar-refractivity contribution in [3.63, 3.8) is 0 Å². The van der Waals surface area contributed by atoms with Crippen molar-refractivity contribution in [1.82, 2.24) is 4.98 Å². The number of hydrogen-bond donors (Lipinski definition) is 2. The molecule has 1 aromatic heterocycles. The third-order valence-electron chi connectivity index (χ3n) is 8.39. The average Bonchev–Trinajstić information content (AvgIpc) is 3.04. The first-order chi connectivity index (χ1) is 16.3. The van der Waals surface area contributed by atoms with Crippen LogP contribution in [-0.4, -0.2) is 21.8 Å². The Morgan fingerprint density at radius 3 is 2.79 bits per heavy atom. The number of aliphatic hydroxyl groups excluding tert-OH is 1. The smallest absolute Gasteiger partial charge is 0.225 e. The lowest BCUT2D eigenvalue weighted by Gasteiger charge is -2.49. The number of hydrogen-bond acceptors (Lipinski definition) is 4. The maximum atomic E-state index is 14.5. The number of Topliss-reactive ketones (excluding diaryl/α,β-unsaturated/α-hetero) is 1. The number of fused-ring (bicyclic) bond motifs is 5. The molecule has 2 aromatic rings. The van der Waals surface area contributed by atoms with Crippen LogP contribution >= 0.6 is 0 Å². The van der Waals surface area contributed by atoms with Crippen LogP contribution < -0.4 is 5.32 Å². The number of allylic oxidation sites excluding steroid dienone is 1. The Bertz CT molecular complexity index is 1180. The van der Waals surface area contributed by atoms with Crippen molar-refractivity contribution in [3.8, 4) is 0 Å². The highest BCUT2D eigenvalue weighted by Gasteiger charge is 2.60. The topological polar surface area (TPSA) is 79.3 Å². The van der Waals surface area contributed by atoms with E-state index in [0.29, 0.717) is 24.8 Å². The lowest BCUT2D eigenvalue weighted by atomic mass is 9.54. The second kappa shape index (κ2) is 8.60. The van der Waals surface area contributed by atoms with Crippen molar-refractivity contribution in [2.45, 2.75) is 51.4 Å². The standard InChI is InChI=1S/C27H28F2N2O3/c1-27-13-12-16-15-4-2-5-21(28)17(15)8-9-18(16)25(27)19(20(14-32)26(27)34)10-11-24(33)31-23-7-3-6-22(29)30-23/h2-7,14,16,18-19,25,32H,8-13H2,1H3,(H,30,31,33)/b20-14-/t16?,18?,19-,25?,27+/m1/s1. The van der Waals surface area contributed by atoms with Crippen molar-refractivity contribution in [2.75, 3.05) is 5.32 Å². The molecule has 5 atom stereocenters. The lowest BCUT2D eigenvalue weighted by molar-refractivity contribution is -0.127.